The Labute approximate surface area is 109 Å². The largest absolute Gasteiger partial charge is 0.298 e. The van der Waals surface area contributed by atoms with Crippen LogP contribution in [0.2, 0.25) is 5.02 Å². The van der Waals surface area contributed by atoms with Crippen LogP contribution in [0.4, 0.5) is 0 Å². The first-order chi connectivity index (χ1) is 7.80. The van der Waals surface area contributed by atoms with Gasteiger partial charge in [0.15, 0.2) is 5.78 Å². The molecule has 17 heavy (non-hydrogen) atoms. The minimum absolute atomic E-state index is 0.243. The third kappa shape index (κ3) is 4.49. The van der Waals surface area contributed by atoms with Gasteiger partial charge < -0.3 is 0 Å². The summed E-state index contributed by atoms with van der Waals surface area (Å²) in [6.45, 7) is 6.98. The van der Waals surface area contributed by atoms with E-state index in [0.29, 0.717) is 13.1 Å². The predicted octanol–water partition coefficient (Wildman–Crippen LogP) is 3.39. The van der Waals surface area contributed by atoms with Crippen LogP contribution in [0.1, 0.15) is 26.3 Å². The lowest BCUT2D eigenvalue weighted by Gasteiger charge is -2.22. The number of Topliss-reactive ketones (excluding diaryl/α,β-unsaturated/α-hetero) is 1. The summed E-state index contributed by atoms with van der Waals surface area (Å²) in [5, 5.41) is 0.752. The van der Waals surface area contributed by atoms with Crippen LogP contribution in [-0.4, -0.2) is 24.3 Å². The molecule has 0 heterocycles. The van der Waals surface area contributed by atoms with Crippen LogP contribution in [0, 0.1) is 5.41 Å². The van der Waals surface area contributed by atoms with Crippen molar-refractivity contribution in [3.8, 4) is 0 Å². The van der Waals surface area contributed by atoms with Crippen LogP contribution in [0.15, 0.2) is 24.3 Å². The molecule has 0 spiro atoms. The van der Waals surface area contributed by atoms with Gasteiger partial charge in [-0.25, -0.2) is 0 Å². The summed E-state index contributed by atoms with van der Waals surface area (Å²) in [5.74, 6) is 0.243. The van der Waals surface area contributed by atoms with Gasteiger partial charge in [0.25, 0.3) is 0 Å². The third-order valence-corrected chi connectivity index (χ3v) is 3.02. The molecule has 1 aromatic rings. The third-order valence-electron chi connectivity index (χ3n) is 2.65. The van der Waals surface area contributed by atoms with Crippen molar-refractivity contribution < 1.29 is 4.79 Å². The molecule has 0 radical (unpaired) electrons. The fraction of sp³-hybridized carbons (Fsp3) is 0.500. The Hall–Kier alpha value is -0.860. The van der Waals surface area contributed by atoms with Gasteiger partial charge >= 0.3 is 0 Å². The van der Waals surface area contributed by atoms with Gasteiger partial charge in [-0.15, -0.1) is 0 Å². The Kier molecular flexibility index (Phi) is 4.72. The maximum absolute atomic E-state index is 11.9. The summed E-state index contributed by atoms with van der Waals surface area (Å²) < 4.78 is 0. The molecule has 0 saturated carbocycles. The summed E-state index contributed by atoms with van der Waals surface area (Å²) in [6, 6.07) is 7.73. The Morgan fingerprint density at radius 1 is 1.29 bits per heavy atom. The van der Waals surface area contributed by atoms with Gasteiger partial charge in [0.1, 0.15) is 0 Å². The van der Waals surface area contributed by atoms with Crippen molar-refractivity contribution in [1.29, 1.82) is 0 Å². The highest BCUT2D eigenvalue weighted by molar-refractivity contribution is 6.31. The zero-order chi connectivity index (χ0) is 13.1. The second kappa shape index (κ2) is 5.65. The molecule has 0 amide bonds. The molecule has 0 N–H and O–H groups in total. The van der Waals surface area contributed by atoms with Crippen molar-refractivity contribution in [2.24, 2.45) is 5.41 Å². The lowest BCUT2D eigenvalue weighted by molar-refractivity contribution is -0.127. The first-order valence-electron chi connectivity index (χ1n) is 5.76. The molecule has 0 atom stereocenters. The van der Waals surface area contributed by atoms with Gasteiger partial charge in [0, 0.05) is 17.0 Å². The second-order valence-corrected chi connectivity index (χ2v) is 5.84. The molecule has 0 aliphatic rings. The fourth-order valence-electron chi connectivity index (χ4n) is 1.46. The molecule has 0 unspecified atom stereocenters. The number of ketones is 1. The molecule has 0 aromatic heterocycles. The molecule has 0 bridgehead atoms. The SMILES string of the molecule is CN(CC(=O)C(C)(C)C)Cc1ccccc1Cl. The number of carbonyl (C=O) groups excluding carboxylic acids is 1. The van der Waals surface area contributed by atoms with Crippen molar-refractivity contribution in [2.45, 2.75) is 27.3 Å². The van der Waals surface area contributed by atoms with Gasteiger partial charge in [-0.1, -0.05) is 50.6 Å². The van der Waals surface area contributed by atoms with E-state index in [2.05, 4.69) is 0 Å². The van der Waals surface area contributed by atoms with E-state index in [1.807, 2.05) is 57.0 Å². The van der Waals surface area contributed by atoms with Crippen LogP contribution < -0.4 is 0 Å². The van der Waals surface area contributed by atoms with Crippen molar-refractivity contribution in [3.63, 3.8) is 0 Å². The maximum Gasteiger partial charge on any atom is 0.152 e. The number of likely N-dealkylation sites (N-methyl/N-ethyl adjacent to an activating group) is 1. The zero-order valence-electron chi connectivity index (χ0n) is 11.0. The van der Waals surface area contributed by atoms with E-state index in [-0.39, 0.29) is 11.2 Å². The van der Waals surface area contributed by atoms with E-state index >= 15 is 0 Å². The van der Waals surface area contributed by atoms with E-state index in [1.165, 1.54) is 0 Å². The topological polar surface area (TPSA) is 20.3 Å². The molecule has 2 nitrogen and oxygen atoms in total. The molecule has 0 saturated heterocycles. The molecule has 0 aliphatic heterocycles. The number of nitrogens with zero attached hydrogens (tertiary/aromatic N) is 1. The van der Waals surface area contributed by atoms with Crippen molar-refractivity contribution in [3.05, 3.63) is 34.9 Å². The molecule has 0 fully saturated rings. The molecule has 94 valence electrons. The van der Waals surface area contributed by atoms with E-state index in [0.717, 1.165) is 10.6 Å². The Morgan fingerprint density at radius 3 is 2.41 bits per heavy atom. The summed E-state index contributed by atoms with van der Waals surface area (Å²) in [7, 11) is 1.94. The highest BCUT2D eigenvalue weighted by Crippen LogP contribution is 2.18. The van der Waals surface area contributed by atoms with Crippen molar-refractivity contribution >= 4 is 17.4 Å². The van der Waals surface area contributed by atoms with Gasteiger partial charge in [-0.05, 0) is 18.7 Å². The summed E-state index contributed by atoms with van der Waals surface area (Å²) >= 11 is 6.08. The monoisotopic (exact) mass is 253 g/mol. The molecule has 1 aromatic carbocycles. The lowest BCUT2D eigenvalue weighted by Crippen LogP contribution is -2.33. The maximum atomic E-state index is 11.9. The number of halogens is 1. The number of carbonyl (C=O) groups is 1. The smallest absolute Gasteiger partial charge is 0.152 e. The van der Waals surface area contributed by atoms with Gasteiger partial charge in [0.05, 0.1) is 6.54 Å². The normalized spacial score (nSPS) is 11.9. The minimum atomic E-state index is -0.283. The van der Waals surface area contributed by atoms with Crippen LogP contribution in [-0.2, 0) is 11.3 Å². The standard InChI is InChI=1S/C14H20ClNO/c1-14(2,3)13(17)10-16(4)9-11-7-5-6-8-12(11)15/h5-8H,9-10H2,1-4H3. The van der Waals surface area contributed by atoms with E-state index < -0.39 is 0 Å². The fourth-order valence-corrected chi connectivity index (χ4v) is 1.65. The van der Waals surface area contributed by atoms with Crippen LogP contribution in [0.5, 0.6) is 0 Å². The van der Waals surface area contributed by atoms with Gasteiger partial charge in [-0.2, -0.15) is 0 Å². The Morgan fingerprint density at radius 2 is 1.88 bits per heavy atom. The molecular weight excluding hydrogens is 234 g/mol. The van der Waals surface area contributed by atoms with E-state index in [4.69, 9.17) is 11.6 Å². The van der Waals surface area contributed by atoms with Crippen LogP contribution in [0.25, 0.3) is 0 Å². The lowest BCUT2D eigenvalue weighted by atomic mass is 9.90. The highest BCUT2D eigenvalue weighted by atomic mass is 35.5. The summed E-state index contributed by atoms with van der Waals surface area (Å²) in [5.41, 5.74) is 0.771. The number of hydrogen-bond donors (Lipinski definition) is 0. The zero-order valence-corrected chi connectivity index (χ0v) is 11.7. The Bertz CT molecular complexity index is 395. The molecule has 1 rings (SSSR count). The average molecular weight is 254 g/mol. The molecule has 0 aliphatic carbocycles. The minimum Gasteiger partial charge on any atom is -0.298 e. The van der Waals surface area contributed by atoms with E-state index in [1.54, 1.807) is 0 Å². The molecular formula is C14H20ClNO. The van der Waals surface area contributed by atoms with Crippen molar-refractivity contribution in [1.82, 2.24) is 4.90 Å². The summed E-state index contributed by atoms with van der Waals surface area (Å²) in [4.78, 5) is 13.9. The summed E-state index contributed by atoms with van der Waals surface area (Å²) in [6.07, 6.45) is 0. The predicted molar refractivity (Wildman–Crippen MR) is 72.2 cm³/mol. The first kappa shape index (κ1) is 14.2. The first-order valence-corrected chi connectivity index (χ1v) is 6.14. The van der Waals surface area contributed by atoms with Crippen molar-refractivity contribution in [2.75, 3.05) is 13.6 Å². The average Bonchev–Trinajstić information content (AvgIpc) is 2.20. The van der Waals surface area contributed by atoms with E-state index in [9.17, 15) is 4.79 Å². The highest BCUT2D eigenvalue weighted by Gasteiger charge is 2.22. The van der Waals surface area contributed by atoms with Gasteiger partial charge in [-0.3, -0.25) is 9.69 Å². The van der Waals surface area contributed by atoms with Gasteiger partial charge in [0.2, 0.25) is 0 Å². The quantitative estimate of drug-likeness (QED) is 0.820. The Balaban J connectivity index is 2.59. The number of hydrogen-bond acceptors (Lipinski definition) is 2. The number of rotatable bonds is 4. The van der Waals surface area contributed by atoms with Crippen LogP contribution >= 0.6 is 11.6 Å². The molecule has 3 heteroatoms. The number of benzene rings is 1. The second-order valence-electron chi connectivity index (χ2n) is 5.44. The van der Waals surface area contributed by atoms with Crippen LogP contribution in [0.3, 0.4) is 0 Å².